The van der Waals surface area contributed by atoms with Crippen LogP contribution in [0.15, 0.2) is 30.6 Å². The molecule has 2 aliphatic rings. The summed E-state index contributed by atoms with van der Waals surface area (Å²) < 4.78 is 8.11. The molecule has 2 atom stereocenters. The Hall–Kier alpha value is -1.92. The summed E-state index contributed by atoms with van der Waals surface area (Å²) >= 11 is 0. The van der Waals surface area contributed by atoms with Gasteiger partial charge in [0.1, 0.15) is 11.3 Å². The zero-order chi connectivity index (χ0) is 17.4. The van der Waals surface area contributed by atoms with E-state index in [1.54, 1.807) is 6.20 Å². The highest BCUT2D eigenvalue weighted by atomic mass is 16.5. The monoisotopic (exact) mass is 342 g/mol. The molecule has 0 bridgehead atoms. The van der Waals surface area contributed by atoms with E-state index < -0.39 is 0 Å². The lowest BCUT2D eigenvalue weighted by atomic mass is 9.86. The van der Waals surface area contributed by atoms with Crippen LogP contribution < -0.4 is 0 Å². The van der Waals surface area contributed by atoms with Crippen molar-refractivity contribution in [1.82, 2.24) is 19.2 Å². The lowest BCUT2D eigenvalue weighted by Gasteiger charge is -2.39. The molecule has 0 saturated carbocycles. The Bertz CT molecular complexity index is 772. The number of likely N-dealkylation sites (tertiary alicyclic amines) is 1. The van der Waals surface area contributed by atoms with Crippen LogP contribution in [0.5, 0.6) is 0 Å². The molecule has 0 aliphatic carbocycles. The van der Waals surface area contributed by atoms with Crippen molar-refractivity contribution in [2.24, 2.45) is 5.92 Å². The number of rotatable bonds is 3. The van der Waals surface area contributed by atoms with E-state index in [-0.39, 0.29) is 11.5 Å². The molecular formula is C19H26N4O2. The van der Waals surface area contributed by atoms with Crippen molar-refractivity contribution in [3.63, 3.8) is 0 Å². The summed E-state index contributed by atoms with van der Waals surface area (Å²) in [4.78, 5) is 21.6. The van der Waals surface area contributed by atoms with Crippen LogP contribution in [-0.4, -0.2) is 71.0 Å². The molecule has 2 fully saturated rings. The number of amides is 1. The Labute approximate surface area is 148 Å². The fraction of sp³-hybridized carbons (Fsp3) is 0.579. The van der Waals surface area contributed by atoms with Crippen LogP contribution >= 0.6 is 0 Å². The Morgan fingerprint density at radius 2 is 2.32 bits per heavy atom. The van der Waals surface area contributed by atoms with Crippen LogP contribution in [0.1, 0.15) is 29.8 Å². The maximum absolute atomic E-state index is 13.1. The SMILES string of the molecule is CN(C)C[C@H]1CO[C@@]2(CCCN(C(=O)c3cnc4ccccn34)C2)C1. The van der Waals surface area contributed by atoms with Gasteiger partial charge in [-0.05, 0) is 51.4 Å². The van der Waals surface area contributed by atoms with Crippen LogP contribution in [0.2, 0.25) is 0 Å². The van der Waals surface area contributed by atoms with Crippen molar-refractivity contribution in [3.8, 4) is 0 Å². The topological polar surface area (TPSA) is 50.1 Å². The highest BCUT2D eigenvalue weighted by Gasteiger charge is 2.44. The number of piperidine rings is 1. The average Bonchev–Trinajstić information content (AvgIpc) is 3.18. The summed E-state index contributed by atoms with van der Waals surface area (Å²) in [7, 11) is 4.21. The molecule has 6 nitrogen and oxygen atoms in total. The first kappa shape index (κ1) is 16.5. The second kappa shape index (κ2) is 6.42. The van der Waals surface area contributed by atoms with Gasteiger partial charge in [-0.3, -0.25) is 9.20 Å². The highest BCUT2D eigenvalue weighted by Crippen LogP contribution is 2.38. The second-order valence-electron chi connectivity index (χ2n) is 7.73. The summed E-state index contributed by atoms with van der Waals surface area (Å²) in [5, 5.41) is 0. The predicted molar refractivity (Wildman–Crippen MR) is 95.7 cm³/mol. The summed E-state index contributed by atoms with van der Waals surface area (Å²) in [6.45, 7) is 3.33. The lowest BCUT2D eigenvalue weighted by Crippen LogP contribution is -2.50. The molecule has 6 heteroatoms. The Morgan fingerprint density at radius 1 is 1.44 bits per heavy atom. The van der Waals surface area contributed by atoms with Crippen LogP contribution in [-0.2, 0) is 4.74 Å². The van der Waals surface area contributed by atoms with Crippen molar-refractivity contribution in [1.29, 1.82) is 0 Å². The molecule has 2 saturated heterocycles. The van der Waals surface area contributed by atoms with E-state index in [0.717, 1.165) is 44.6 Å². The third kappa shape index (κ3) is 3.16. The fourth-order valence-electron chi connectivity index (χ4n) is 4.38. The first-order valence-electron chi connectivity index (χ1n) is 9.06. The molecular weight excluding hydrogens is 316 g/mol. The Balaban J connectivity index is 1.51. The van der Waals surface area contributed by atoms with Gasteiger partial charge in [0.25, 0.3) is 5.91 Å². The molecule has 0 N–H and O–H groups in total. The summed E-state index contributed by atoms with van der Waals surface area (Å²) in [6.07, 6.45) is 6.67. The van der Waals surface area contributed by atoms with E-state index in [0.29, 0.717) is 18.2 Å². The second-order valence-corrected chi connectivity index (χ2v) is 7.73. The van der Waals surface area contributed by atoms with Gasteiger partial charge in [0.2, 0.25) is 0 Å². The molecule has 1 amide bonds. The quantitative estimate of drug-likeness (QED) is 0.855. The number of imidazole rings is 1. The van der Waals surface area contributed by atoms with Crippen molar-refractivity contribution >= 4 is 11.6 Å². The van der Waals surface area contributed by atoms with Gasteiger partial charge >= 0.3 is 0 Å². The summed E-state index contributed by atoms with van der Waals surface area (Å²) in [6, 6.07) is 5.78. The van der Waals surface area contributed by atoms with Gasteiger partial charge in [-0.2, -0.15) is 0 Å². The maximum Gasteiger partial charge on any atom is 0.272 e. The fourth-order valence-corrected chi connectivity index (χ4v) is 4.38. The van der Waals surface area contributed by atoms with E-state index in [2.05, 4.69) is 24.0 Å². The average molecular weight is 342 g/mol. The molecule has 0 unspecified atom stereocenters. The molecule has 0 aromatic carbocycles. The number of aromatic nitrogens is 2. The van der Waals surface area contributed by atoms with E-state index in [9.17, 15) is 4.79 Å². The molecule has 0 radical (unpaired) electrons. The van der Waals surface area contributed by atoms with Gasteiger partial charge in [0.05, 0.1) is 24.9 Å². The number of hydrogen-bond donors (Lipinski definition) is 0. The van der Waals surface area contributed by atoms with E-state index in [4.69, 9.17) is 4.74 Å². The number of fused-ring (bicyclic) bond motifs is 1. The minimum Gasteiger partial charge on any atom is -0.373 e. The van der Waals surface area contributed by atoms with Gasteiger partial charge in [-0.25, -0.2) is 4.98 Å². The third-order valence-corrected chi connectivity index (χ3v) is 5.37. The van der Waals surface area contributed by atoms with E-state index in [1.165, 1.54) is 0 Å². The van der Waals surface area contributed by atoms with Crippen LogP contribution in [0.4, 0.5) is 0 Å². The van der Waals surface area contributed by atoms with Crippen LogP contribution in [0.25, 0.3) is 5.65 Å². The van der Waals surface area contributed by atoms with Crippen molar-refractivity contribution in [3.05, 3.63) is 36.3 Å². The third-order valence-electron chi connectivity index (χ3n) is 5.37. The largest absolute Gasteiger partial charge is 0.373 e. The molecule has 2 aliphatic heterocycles. The minimum absolute atomic E-state index is 0.0532. The van der Waals surface area contributed by atoms with Gasteiger partial charge in [-0.1, -0.05) is 6.07 Å². The highest BCUT2D eigenvalue weighted by molar-refractivity contribution is 5.93. The van der Waals surface area contributed by atoms with Crippen LogP contribution in [0.3, 0.4) is 0 Å². The first-order valence-corrected chi connectivity index (χ1v) is 9.06. The van der Waals surface area contributed by atoms with Crippen molar-refractivity contribution in [2.75, 3.05) is 40.3 Å². The number of carbonyl (C=O) groups excluding carboxylic acids is 1. The molecule has 2 aromatic rings. The summed E-state index contributed by atoms with van der Waals surface area (Å²) in [5.41, 5.74) is 1.28. The number of carbonyl (C=O) groups is 1. The number of ether oxygens (including phenoxy) is 1. The predicted octanol–water partition coefficient (Wildman–Crippen LogP) is 1.91. The maximum atomic E-state index is 13.1. The zero-order valence-corrected chi connectivity index (χ0v) is 15.0. The summed E-state index contributed by atoms with van der Waals surface area (Å²) in [5.74, 6) is 0.610. The van der Waals surface area contributed by atoms with Gasteiger partial charge in [0.15, 0.2) is 0 Å². The number of hydrogen-bond acceptors (Lipinski definition) is 4. The lowest BCUT2D eigenvalue weighted by molar-refractivity contribution is -0.0451. The Morgan fingerprint density at radius 3 is 3.16 bits per heavy atom. The molecule has 134 valence electrons. The molecule has 2 aromatic heterocycles. The van der Waals surface area contributed by atoms with Crippen molar-refractivity contribution < 1.29 is 9.53 Å². The standard InChI is InChI=1S/C19H26N4O2/c1-21(2)12-15-10-19(25-13-15)7-5-8-22(14-19)18(24)16-11-20-17-6-3-4-9-23(16)17/h3-4,6,9,11,15H,5,7-8,10,12-14H2,1-2H3/t15-,19-/m0/s1. The van der Waals surface area contributed by atoms with E-state index >= 15 is 0 Å². The minimum atomic E-state index is -0.158. The normalized spacial score (nSPS) is 26.8. The smallest absolute Gasteiger partial charge is 0.272 e. The number of pyridine rings is 1. The number of nitrogens with zero attached hydrogens (tertiary/aromatic N) is 4. The zero-order valence-electron chi connectivity index (χ0n) is 15.0. The van der Waals surface area contributed by atoms with E-state index in [1.807, 2.05) is 33.7 Å². The molecule has 25 heavy (non-hydrogen) atoms. The van der Waals surface area contributed by atoms with Gasteiger partial charge in [-0.15, -0.1) is 0 Å². The molecule has 4 rings (SSSR count). The van der Waals surface area contributed by atoms with Crippen molar-refractivity contribution in [2.45, 2.75) is 24.9 Å². The molecule has 4 heterocycles. The first-order chi connectivity index (χ1) is 12.1. The van der Waals surface area contributed by atoms with Gasteiger partial charge < -0.3 is 14.5 Å². The molecule has 1 spiro atoms. The van der Waals surface area contributed by atoms with Gasteiger partial charge in [0, 0.05) is 19.3 Å². The van der Waals surface area contributed by atoms with Crippen LogP contribution in [0, 0.1) is 5.92 Å². The Kier molecular flexibility index (Phi) is 4.25.